The van der Waals surface area contributed by atoms with Crippen LogP contribution in [-0.4, -0.2) is 39.0 Å². The summed E-state index contributed by atoms with van der Waals surface area (Å²) in [6.45, 7) is 0.451. The molecule has 0 aromatic carbocycles. The molecule has 2 aromatic heterocycles. The van der Waals surface area contributed by atoms with Gasteiger partial charge >= 0.3 is 0 Å². The Labute approximate surface area is 140 Å². The van der Waals surface area contributed by atoms with Crippen LogP contribution in [0.4, 0.5) is 0 Å². The lowest BCUT2D eigenvalue weighted by Gasteiger charge is -2.13. The molecular formula is C15H18N2O2S3. The number of fused-ring (bicyclic) bond motifs is 1. The average Bonchev–Trinajstić information content (AvgIpc) is 3.13. The monoisotopic (exact) mass is 354 g/mol. The predicted molar refractivity (Wildman–Crippen MR) is 94.8 cm³/mol. The van der Waals surface area contributed by atoms with Crippen molar-refractivity contribution in [2.75, 3.05) is 24.3 Å². The van der Waals surface area contributed by atoms with Gasteiger partial charge < -0.3 is 9.88 Å². The number of aromatic nitrogens is 1. The van der Waals surface area contributed by atoms with Gasteiger partial charge in [0, 0.05) is 52.4 Å². The molecule has 1 amide bonds. The Balaban J connectivity index is 1.92. The largest absolute Gasteiger partial charge is 0.351 e. The Morgan fingerprint density at radius 3 is 2.91 bits per heavy atom. The smallest absolute Gasteiger partial charge is 0.254 e. The highest BCUT2D eigenvalue weighted by Crippen LogP contribution is 2.38. The summed E-state index contributed by atoms with van der Waals surface area (Å²) in [5.41, 5.74) is 2.00. The molecule has 0 fully saturated rings. The van der Waals surface area contributed by atoms with E-state index in [2.05, 4.69) is 5.32 Å². The van der Waals surface area contributed by atoms with E-state index in [4.69, 9.17) is 0 Å². The van der Waals surface area contributed by atoms with E-state index in [1.165, 1.54) is 10.4 Å². The van der Waals surface area contributed by atoms with E-state index >= 15 is 0 Å². The van der Waals surface area contributed by atoms with E-state index in [0.717, 1.165) is 28.5 Å². The molecule has 7 heteroatoms. The molecule has 22 heavy (non-hydrogen) atoms. The zero-order chi connectivity index (χ0) is 15.5. The summed E-state index contributed by atoms with van der Waals surface area (Å²) >= 11 is 3.63. The highest BCUT2D eigenvalue weighted by Gasteiger charge is 2.26. The lowest BCUT2D eigenvalue weighted by Crippen LogP contribution is -2.29. The zero-order valence-corrected chi connectivity index (χ0v) is 14.8. The number of carbonyl (C=O) groups is 1. The first-order valence-electron chi connectivity index (χ1n) is 7.10. The van der Waals surface area contributed by atoms with Crippen LogP contribution in [0.2, 0.25) is 0 Å². The molecule has 1 aliphatic heterocycles. The van der Waals surface area contributed by atoms with Crippen molar-refractivity contribution < 1.29 is 9.00 Å². The summed E-state index contributed by atoms with van der Waals surface area (Å²) in [6, 6.07) is 3.94. The molecule has 0 saturated heterocycles. The summed E-state index contributed by atoms with van der Waals surface area (Å²) in [5, 5.41) is 3.92. The fourth-order valence-corrected chi connectivity index (χ4v) is 5.33. The van der Waals surface area contributed by atoms with Crippen LogP contribution >= 0.6 is 23.1 Å². The van der Waals surface area contributed by atoms with Crippen molar-refractivity contribution >= 4 is 39.8 Å². The zero-order valence-electron chi connectivity index (χ0n) is 12.3. The van der Waals surface area contributed by atoms with Crippen LogP contribution in [0.3, 0.4) is 0 Å². The number of carbonyl (C=O) groups excluding carboxylic acids is 1. The summed E-state index contributed by atoms with van der Waals surface area (Å²) in [5.74, 6) is 2.50. The van der Waals surface area contributed by atoms with Gasteiger partial charge in [-0.3, -0.25) is 9.00 Å². The fraction of sp³-hybridized carbons (Fsp3) is 0.400. The Bertz CT molecular complexity index is 692. The van der Waals surface area contributed by atoms with Crippen molar-refractivity contribution in [2.24, 2.45) is 0 Å². The minimum Gasteiger partial charge on any atom is -0.351 e. The molecule has 0 saturated carbocycles. The molecule has 0 unspecified atom stereocenters. The number of thioether (sulfide) groups is 1. The quantitative estimate of drug-likeness (QED) is 0.897. The molecule has 1 N–H and O–H groups in total. The molecule has 3 rings (SSSR count). The molecule has 0 radical (unpaired) electrons. The summed E-state index contributed by atoms with van der Waals surface area (Å²) < 4.78 is 13.2. The first kappa shape index (κ1) is 15.8. The van der Waals surface area contributed by atoms with Gasteiger partial charge in [0.05, 0.1) is 5.56 Å². The molecule has 3 heterocycles. The lowest BCUT2D eigenvalue weighted by molar-refractivity contribution is 0.0955. The average molecular weight is 355 g/mol. The fourth-order valence-electron chi connectivity index (χ4n) is 2.50. The summed E-state index contributed by atoms with van der Waals surface area (Å²) in [7, 11) is -0.886. The Morgan fingerprint density at radius 1 is 1.41 bits per heavy atom. The standard InChI is InChI=1S/C15H18N2O2S3/c1-22(19)9-5-16-14(18)13-11-4-8-20-10-12(11)21-15(13)17-6-2-3-7-17/h2-3,6-7H,4-5,8-10H2,1H3,(H,16,18)/t22-/m1/s1. The number of amides is 1. The van der Waals surface area contributed by atoms with E-state index in [9.17, 15) is 9.00 Å². The Kier molecular flexibility index (Phi) is 5.05. The van der Waals surface area contributed by atoms with Crippen molar-refractivity contribution in [3.05, 3.63) is 40.5 Å². The molecule has 0 aliphatic carbocycles. The van der Waals surface area contributed by atoms with Crippen LogP contribution in [0.1, 0.15) is 20.8 Å². The van der Waals surface area contributed by atoms with Gasteiger partial charge in [0.25, 0.3) is 5.91 Å². The second-order valence-electron chi connectivity index (χ2n) is 5.11. The molecule has 0 bridgehead atoms. The van der Waals surface area contributed by atoms with Gasteiger partial charge in [0.15, 0.2) is 0 Å². The maximum Gasteiger partial charge on any atom is 0.254 e. The third kappa shape index (κ3) is 3.31. The van der Waals surface area contributed by atoms with Gasteiger partial charge in [0.1, 0.15) is 5.00 Å². The van der Waals surface area contributed by atoms with Gasteiger partial charge in [0.2, 0.25) is 0 Å². The van der Waals surface area contributed by atoms with E-state index in [1.807, 2.05) is 40.9 Å². The third-order valence-corrected chi connectivity index (χ3v) is 6.74. The van der Waals surface area contributed by atoms with Crippen molar-refractivity contribution in [3.8, 4) is 5.00 Å². The Morgan fingerprint density at radius 2 is 2.18 bits per heavy atom. The van der Waals surface area contributed by atoms with Gasteiger partial charge in [-0.05, 0) is 29.9 Å². The number of rotatable bonds is 5. The minimum atomic E-state index is -0.886. The van der Waals surface area contributed by atoms with Crippen LogP contribution < -0.4 is 5.32 Å². The third-order valence-electron chi connectivity index (χ3n) is 3.54. The van der Waals surface area contributed by atoms with Crippen LogP contribution in [-0.2, 0) is 23.0 Å². The topological polar surface area (TPSA) is 51.1 Å². The molecule has 2 aromatic rings. The van der Waals surface area contributed by atoms with Gasteiger partial charge in [-0.25, -0.2) is 0 Å². The van der Waals surface area contributed by atoms with Crippen LogP contribution in [0.25, 0.3) is 5.00 Å². The first-order valence-corrected chi connectivity index (χ1v) is 10.8. The minimum absolute atomic E-state index is 0.0430. The normalized spacial score (nSPS) is 15.3. The van der Waals surface area contributed by atoms with Crippen molar-refractivity contribution in [3.63, 3.8) is 0 Å². The highest BCUT2D eigenvalue weighted by molar-refractivity contribution is 7.98. The predicted octanol–water partition coefficient (Wildman–Crippen LogP) is 2.44. The van der Waals surface area contributed by atoms with Crippen LogP contribution in [0.15, 0.2) is 24.5 Å². The van der Waals surface area contributed by atoms with Crippen molar-refractivity contribution in [2.45, 2.75) is 12.2 Å². The maximum atomic E-state index is 12.7. The Hall–Kier alpha value is -1.05. The molecular weight excluding hydrogens is 336 g/mol. The van der Waals surface area contributed by atoms with Crippen LogP contribution in [0.5, 0.6) is 0 Å². The molecule has 1 atom stereocenters. The van der Waals surface area contributed by atoms with E-state index in [-0.39, 0.29) is 5.91 Å². The lowest BCUT2D eigenvalue weighted by atomic mass is 10.1. The SMILES string of the molecule is C[S@@](=O)CCNC(=O)c1c(-n2cccc2)sc2c1CCSC2. The van der Waals surface area contributed by atoms with Crippen LogP contribution in [0, 0.1) is 0 Å². The van der Waals surface area contributed by atoms with E-state index in [0.29, 0.717) is 12.3 Å². The number of nitrogens with one attached hydrogen (secondary N) is 1. The molecule has 0 spiro atoms. The number of thiophene rings is 1. The first-order chi connectivity index (χ1) is 10.7. The maximum absolute atomic E-state index is 12.7. The second-order valence-corrected chi connectivity index (χ2v) is 8.85. The second kappa shape index (κ2) is 7.02. The van der Waals surface area contributed by atoms with Crippen molar-refractivity contribution in [1.82, 2.24) is 9.88 Å². The number of hydrogen-bond donors (Lipinski definition) is 1. The van der Waals surface area contributed by atoms with Crippen molar-refractivity contribution in [1.29, 1.82) is 0 Å². The highest BCUT2D eigenvalue weighted by atomic mass is 32.2. The van der Waals surface area contributed by atoms with E-state index in [1.54, 1.807) is 17.6 Å². The van der Waals surface area contributed by atoms with E-state index < -0.39 is 10.8 Å². The molecule has 1 aliphatic rings. The number of nitrogens with zero attached hydrogens (tertiary/aromatic N) is 1. The summed E-state index contributed by atoms with van der Waals surface area (Å²) in [6.07, 6.45) is 6.55. The van der Waals surface area contributed by atoms with Gasteiger partial charge in [-0.2, -0.15) is 11.8 Å². The molecule has 4 nitrogen and oxygen atoms in total. The van der Waals surface area contributed by atoms with Gasteiger partial charge in [-0.1, -0.05) is 0 Å². The number of hydrogen-bond acceptors (Lipinski definition) is 4. The molecule has 118 valence electrons. The van der Waals surface area contributed by atoms with Gasteiger partial charge in [-0.15, -0.1) is 11.3 Å². The summed E-state index contributed by atoms with van der Waals surface area (Å²) in [4.78, 5) is 14.0.